The molecule has 1 aromatic carbocycles. The van der Waals surface area contributed by atoms with Gasteiger partial charge in [0, 0.05) is 5.56 Å². The zero-order valence-electron chi connectivity index (χ0n) is 10.4. The second kappa shape index (κ2) is 5.73. The van der Waals surface area contributed by atoms with E-state index < -0.39 is 29.0 Å². The number of aromatic nitrogens is 2. The summed E-state index contributed by atoms with van der Waals surface area (Å²) in [6.07, 6.45) is -2.60. The predicted octanol–water partition coefficient (Wildman–Crippen LogP) is 2.98. The Kier molecular flexibility index (Phi) is 4.01. The maximum absolute atomic E-state index is 12.8. The first kappa shape index (κ1) is 14.7. The molecule has 2 rings (SSSR count). The third-order valence-corrected chi connectivity index (χ3v) is 2.54. The van der Waals surface area contributed by atoms with Gasteiger partial charge in [-0.05, 0) is 6.07 Å². The largest absolute Gasteiger partial charge is 0.468 e. The molecule has 21 heavy (non-hydrogen) atoms. The molecule has 0 aliphatic rings. The molecule has 0 saturated heterocycles. The molecular formula is C12H8F3N3O3. The van der Waals surface area contributed by atoms with Crippen molar-refractivity contribution in [3.63, 3.8) is 0 Å². The van der Waals surface area contributed by atoms with E-state index in [1.807, 2.05) is 0 Å². The first-order valence-electron chi connectivity index (χ1n) is 5.62. The lowest BCUT2D eigenvalue weighted by atomic mass is 10.1. The topological polar surface area (TPSA) is 78.2 Å². The maximum Gasteiger partial charge on any atom is 0.416 e. The zero-order valence-corrected chi connectivity index (χ0v) is 10.4. The SMILES string of the molecule is O=[N+]([O-])c1cncnc1OCc1ccccc1C(F)(F)F. The molecule has 1 heterocycles. The summed E-state index contributed by atoms with van der Waals surface area (Å²) in [6, 6.07) is 4.81. The summed E-state index contributed by atoms with van der Waals surface area (Å²) in [6.45, 7) is -0.493. The average Bonchev–Trinajstić information content (AvgIpc) is 2.44. The van der Waals surface area contributed by atoms with Crippen molar-refractivity contribution in [1.82, 2.24) is 9.97 Å². The molecule has 6 nitrogen and oxygen atoms in total. The molecule has 0 fully saturated rings. The highest BCUT2D eigenvalue weighted by Gasteiger charge is 2.33. The lowest BCUT2D eigenvalue weighted by Gasteiger charge is -2.12. The van der Waals surface area contributed by atoms with Crippen LogP contribution in [0.2, 0.25) is 0 Å². The molecule has 1 aromatic heterocycles. The second-order valence-electron chi connectivity index (χ2n) is 3.91. The Morgan fingerprint density at radius 3 is 2.67 bits per heavy atom. The van der Waals surface area contributed by atoms with Crippen LogP contribution in [0.5, 0.6) is 5.88 Å². The maximum atomic E-state index is 12.8. The van der Waals surface area contributed by atoms with E-state index in [9.17, 15) is 23.3 Å². The third-order valence-electron chi connectivity index (χ3n) is 2.54. The van der Waals surface area contributed by atoms with Gasteiger partial charge in [-0.2, -0.15) is 18.2 Å². The van der Waals surface area contributed by atoms with Crippen LogP contribution in [0.25, 0.3) is 0 Å². The normalized spacial score (nSPS) is 11.2. The van der Waals surface area contributed by atoms with Gasteiger partial charge in [-0.25, -0.2) is 4.98 Å². The molecule has 9 heteroatoms. The van der Waals surface area contributed by atoms with Gasteiger partial charge in [0.05, 0.1) is 10.5 Å². The average molecular weight is 299 g/mol. The fourth-order valence-corrected chi connectivity index (χ4v) is 1.62. The molecule has 0 N–H and O–H groups in total. The summed E-state index contributed by atoms with van der Waals surface area (Å²) in [4.78, 5) is 17.0. The third kappa shape index (κ3) is 3.44. The summed E-state index contributed by atoms with van der Waals surface area (Å²) in [5, 5.41) is 10.7. The Bertz CT molecular complexity index is 661. The molecular weight excluding hydrogens is 291 g/mol. The van der Waals surface area contributed by atoms with E-state index in [0.29, 0.717) is 0 Å². The number of rotatable bonds is 4. The number of hydrogen-bond acceptors (Lipinski definition) is 5. The molecule has 0 radical (unpaired) electrons. The van der Waals surface area contributed by atoms with Crippen molar-refractivity contribution in [3.05, 3.63) is 58.0 Å². The Labute approximate surface area is 116 Å². The number of nitrogens with zero attached hydrogens (tertiary/aromatic N) is 3. The van der Waals surface area contributed by atoms with Crippen LogP contribution >= 0.6 is 0 Å². The minimum atomic E-state index is -4.53. The molecule has 0 spiro atoms. The molecule has 0 atom stereocenters. The van der Waals surface area contributed by atoms with Crippen LogP contribution in [0.3, 0.4) is 0 Å². The molecule has 0 bridgehead atoms. The lowest BCUT2D eigenvalue weighted by Crippen LogP contribution is -2.11. The molecule has 0 aliphatic carbocycles. The fourth-order valence-electron chi connectivity index (χ4n) is 1.62. The standard InChI is InChI=1S/C12H8F3N3O3/c13-12(14,15)9-4-2-1-3-8(9)6-21-11-10(18(19)20)5-16-7-17-11/h1-5,7H,6H2. The van der Waals surface area contributed by atoms with Crippen molar-refractivity contribution in [1.29, 1.82) is 0 Å². The molecule has 0 unspecified atom stereocenters. The van der Waals surface area contributed by atoms with E-state index in [2.05, 4.69) is 9.97 Å². The van der Waals surface area contributed by atoms with Crippen LogP contribution in [-0.4, -0.2) is 14.9 Å². The summed E-state index contributed by atoms with van der Waals surface area (Å²) in [7, 11) is 0. The minimum Gasteiger partial charge on any atom is -0.468 e. The van der Waals surface area contributed by atoms with Gasteiger partial charge >= 0.3 is 11.9 Å². The monoisotopic (exact) mass is 299 g/mol. The van der Waals surface area contributed by atoms with Crippen molar-refractivity contribution in [2.24, 2.45) is 0 Å². The molecule has 2 aromatic rings. The van der Waals surface area contributed by atoms with Gasteiger partial charge in [0.25, 0.3) is 5.88 Å². The van der Waals surface area contributed by atoms with Crippen molar-refractivity contribution in [3.8, 4) is 5.88 Å². The number of halogens is 3. The van der Waals surface area contributed by atoms with Gasteiger partial charge in [-0.1, -0.05) is 18.2 Å². The van der Waals surface area contributed by atoms with Crippen molar-refractivity contribution < 1.29 is 22.8 Å². The van der Waals surface area contributed by atoms with E-state index in [1.165, 1.54) is 18.2 Å². The van der Waals surface area contributed by atoms with Crippen LogP contribution in [0, 0.1) is 10.1 Å². The zero-order chi connectivity index (χ0) is 15.5. The highest BCUT2D eigenvalue weighted by molar-refractivity contribution is 5.37. The lowest BCUT2D eigenvalue weighted by molar-refractivity contribution is -0.386. The number of alkyl halides is 3. The Balaban J connectivity index is 2.24. The summed E-state index contributed by atoms with van der Waals surface area (Å²) in [5.74, 6) is -0.382. The van der Waals surface area contributed by atoms with E-state index in [1.54, 1.807) is 0 Å². The van der Waals surface area contributed by atoms with E-state index >= 15 is 0 Å². The summed E-state index contributed by atoms with van der Waals surface area (Å²) < 4.78 is 43.4. The Hall–Kier alpha value is -2.71. The van der Waals surface area contributed by atoms with Gasteiger partial charge in [-0.3, -0.25) is 10.1 Å². The number of ether oxygens (including phenoxy) is 1. The van der Waals surface area contributed by atoms with Gasteiger partial charge in [0.15, 0.2) is 0 Å². The summed E-state index contributed by atoms with van der Waals surface area (Å²) in [5.41, 5.74) is -1.51. The van der Waals surface area contributed by atoms with Crippen LogP contribution in [0.4, 0.5) is 18.9 Å². The van der Waals surface area contributed by atoms with Gasteiger partial charge in [0.1, 0.15) is 19.1 Å². The highest BCUT2D eigenvalue weighted by atomic mass is 19.4. The Morgan fingerprint density at radius 2 is 2.00 bits per heavy atom. The van der Waals surface area contributed by atoms with Crippen molar-refractivity contribution in [2.75, 3.05) is 0 Å². The van der Waals surface area contributed by atoms with Crippen LogP contribution < -0.4 is 4.74 Å². The molecule has 0 amide bonds. The van der Waals surface area contributed by atoms with Crippen molar-refractivity contribution >= 4 is 5.69 Å². The number of benzene rings is 1. The predicted molar refractivity (Wildman–Crippen MR) is 64.5 cm³/mol. The quantitative estimate of drug-likeness (QED) is 0.640. The van der Waals surface area contributed by atoms with Crippen LogP contribution in [0.15, 0.2) is 36.8 Å². The molecule has 0 saturated carbocycles. The first-order valence-corrected chi connectivity index (χ1v) is 5.62. The van der Waals surface area contributed by atoms with E-state index in [-0.39, 0.29) is 11.4 Å². The molecule has 110 valence electrons. The first-order chi connectivity index (χ1) is 9.89. The van der Waals surface area contributed by atoms with Gasteiger partial charge in [0.2, 0.25) is 0 Å². The summed E-state index contributed by atoms with van der Waals surface area (Å²) >= 11 is 0. The number of hydrogen-bond donors (Lipinski definition) is 0. The van der Waals surface area contributed by atoms with Gasteiger partial charge < -0.3 is 4.74 Å². The fraction of sp³-hybridized carbons (Fsp3) is 0.167. The van der Waals surface area contributed by atoms with E-state index in [4.69, 9.17) is 4.74 Å². The Morgan fingerprint density at radius 1 is 1.29 bits per heavy atom. The number of nitro groups is 1. The minimum absolute atomic E-state index is 0.141. The van der Waals surface area contributed by atoms with Crippen LogP contribution in [-0.2, 0) is 12.8 Å². The molecule has 0 aliphatic heterocycles. The van der Waals surface area contributed by atoms with Gasteiger partial charge in [-0.15, -0.1) is 0 Å². The second-order valence-corrected chi connectivity index (χ2v) is 3.91. The van der Waals surface area contributed by atoms with E-state index in [0.717, 1.165) is 18.6 Å². The highest BCUT2D eigenvalue weighted by Crippen LogP contribution is 2.32. The smallest absolute Gasteiger partial charge is 0.416 e. The van der Waals surface area contributed by atoms with Crippen molar-refractivity contribution in [2.45, 2.75) is 12.8 Å². The van der Waals surface area contributed by atoms with Crippen LogP contribution in [0.1, 0.15) is 11.1 Å².